The van der Waals surface area contributed by atoms with Crippen LogP contribution in [0, 0.1) is 12.8 Å². The lowest BCUT2D eigenvalue weighted by Gasteiger charge is -2.17. The normalized spacial score (nSPS) is 16.4. The van der Waals surface area contributed by atoms with Gasteiger partial charge in [-0.1, -0.05) is 19.1 Å². The minimum absolute atomic E-state index is 0.0606. The van der Waals surface area contributed by atoms with Crippen LogP contribution in [0.2, 0.25) is 0 Å². The number of anilines is 2. The van der Waals surface area contributed by atoms with Gasteiger partial charge in [0.15, 0.2) is 0 Å². The van der Waals surface area contributed by atoms with Crippen LogP contribution in [0.25, 0.3) is 11.0 Å². The molecule has 1 atom stereocenters. The van der Waals surface area contributed by atoms with Gasteiger partial charge in [0.25, 0.3) is 0 Å². The molecule has 1 saturated heterocycles. The molecule has 0 radical (unpaired) electrons. The number of benzene rings is 2. The number of hydrogen-bond donors (Lipinski definition) is 1. The molecule has 0 spiro atoms. The molecule has 2 aromatic carbocycles. The number of nitrogens with zero attached hydrogens (tertiary/aromatic N) is 1. The zero-order valence-corrected chi connectivity index (χ0v) is 16.4. The number of fused-ring (bicyclic) bond motifs is 1. The monoisotopic (exact) mass is 390 g/mol. The molecule has 2 amide bonds. The van der Waals surface area contributed by atoms with E-state index >= 15 is 0 Å². The van der Waals surface area contributed by atoms with Crippen molar-refractivity contribution in [3.8, 4) is 0 Å². The Labute approximate surface area is 168 Å². The van der Waals surface area contributed by atoms with Crippen LogP contribution in [0.15, 0.2) is 57.7 Å². The fourth-order valence-electron chi connectivity index (χ4n) is 3.69. The minimum atomic E-state index is -0.437. The summed E-state index contributed by atoms with van der Waals surface area (Å²) in [4.78, 5) is 38.4. The summed E-state index contributed by atoms with van der Waals surface area (Å²) in [5.74, 6) is -0.719. The summed E-state index contributed by atoms with van der Waals surface area (Å²) < 4.78 is 5.23. The summed E-state index contributed by atoms with van der Waals surface area (Å²) in [6.07, 6.45) is 1.10. The summed E-state index contributed by atoms with van der Waals surface area (Å²) in [6, 6.07) is 14.5. The standard InChI is InChI=1S/C23H22N2O4/c1-3-15-4-7-18(8-5-15)25-13-16(11-21(25)26)23(28)24-17-6-9-19-14(2)10-22(27)29-20(19)12-17/h4-10,12,16H,3,11,13H2,1-2H3,(H,24,28)/t16-/m1/s1. The Morgan fingerprint density at radius 3 is 2.62 bits per heavy atom. The molecule has 1 aliphatic rings. The lowest BCUT2D eigenvalue weighted by molar-refractivity contribution is -0.122. The van der Waals surface area contributed by atoms with Crippen molar-refractivity contribution < 1.29 is 14.0 Å². The van der Waals surface area contributed by atoms with Gasteiger partial charge in [0, 0.05) is 41.9 Å². The average Bonchev–Trinajstić information content (AvgIpc) is 3.09. The molecule has 6 nitrogen and oxygen atoms in total. The van der Waals surface area contributed by atoms with Gasteiger partial charge in [0.1, 0.15) is 5.58 Å². The molecular weight excluding hydrogens is 368 g/mol. The molecule has 1 aliphatic heterocycles. The number of rotatable bonds is 4. The maximum absolute atomic E-state index is 12.7. The molecule has 6 heteroatoms. The second kappa shape index (κ2) is 7.54. The Balaban J connectivity index is 1.49. The fourth-order valence-corrected chi connectivity index (χ4v) is 3.69. The maximum Gasteiger partial charge on any atom is 0.336 e. The zero-order chi connectivity index (χ0) is 20.5. The molecule has 0 aliphatic carbocycles. The molecule has 1 fully saturated rings. The molecule has 4 rings (SSSR count). The van der Waals surface area contributed by atoms with Gasteiger partial charge in [-0.25, -0.2) is 4.79 Å². The van der Waals surface area contributed by atoms with Gasteiger partial charge >= 0.3 is 5.63 Å². The number of carbonyl (C=O) groups excluding carboxylic acids is 2. The van der Waals surface area contributed by atoms with Crippen molar-refractivity contribution in [3.05, 3.63) is 70.1 Å². The van der Waals surface area contributed by atoms with E-state index in [-0.39, 0.29) is 18.2 Å². The van der Waals surface area contributed by atoms with Gasteiger partial charge in [-0.05, 0) is 48.7 Å². The van der Waals surface area contributed by atoms with Crippen LogP contribution in [0.3, 0.4) is 0 Å². The van der Waals surface area contributed by atoms with E-state index in [9.17, 15) is 14.4 Å². The largest absolute Gasteiger partial charge is 0.423 e. The smallest absolute Gasteiger partial charge is 0.336 e. The highest BCUT2D eigenvalue weighted by atomic mass is 16.4. The van der Waals surface area contributed by atoms with Crippen LogP contribution in [0.1, 0.15) is 24.5 Å². The molecule has 0 saturated carbocycles. The first kappa shape index (κ1) is 18.9. The first-order valence-corrected chi connectivity index (χ1v) is 9.69. The molecule has 0 bridgehead atoms. The van der Waals surface area contributed by atoms with E-state index in [4.69, 9.17) is 4.42 Å². The number of nitrogens with one attached hydrogen (secondary N) is 1. The van der Waals surface area contributed by atoms with Crippen LogP contribution in [0.4, 0.5) is 11.4 Å². The van der Waals surface area contributed by atoms with Crippen molar-refractivity contribution in [1.82, 2.24) is 0 Å². The predicted molar refractivity (Wildman–Crippen MR) is 112 cm³/mol. The highest BCUT2D eigenvalue weighted by Gasteiger charge is 2.35. The van der Waals surface area contributed by atoms with E-state index in [0.717, 1.165) is 23.1 Å². The Hall–Kier alpha value is -3.41. The van der Waals surface area contributed by atoms with Crippen molar-refractivity contribution >= 4 is 34.2 Å². The third-order valence-electron chi connectivity index (χ3n) is 5.37. The summed E-state index contributed by atoms with van der Waals surface area (Å²) in [6.45, 7) is 4.26. The Morgan fingerprint density at radius 1 is 1.14 bits per heavy atom. The molecule has 148 valence electrons. The second-order valence-corrected chi connectivity index (χ2v) is 7.37. The number of amides is 2. The van der Waals surface area contributed by atoms with Gasteiger partial charge < -0.3 is 14.6 Å². The van der Waals surface area contributed by atoms with Crippen LogP contribution in [-0.2, 0) is 16.0 Å². The van der Waals surface area contributed by atoms with Crippen molar-refractivity contribution in [2.75, 3.05) is 16.8 Å². The first-order chi connectivity index (χ1) is 13.9. The molecule has 1 aromatic heterocycles. The van der Waals surface area contributed by atoms with E-state index < -0.39 is 11.5 Å². The van der Waals surface area contributed by atoms with E-state index in [1.54, 1.807) is 17.0 Å². The van der Waals surface area contributed by atoms with E-state index in [1.807, 2.05) is 37.3 Å². The van der Waals surface area contributed by atoms with Crippen LogP contribution >= 0.6 is 0 Å². The molecule has 0 unspecified atom stereocenters. The van der Waals surface area contributed by atoms with Crippen molar-refractivity contribution in [2.24, 2.45) is 5.92 Å². The highest BCUT2D eigenvalue weighted by Crippen LogP contribution is 2.27. The van der Waals surface area contributed by atoms with Gasteiger partial charge in [-0.2, -0.15) is 0 Å². The lowest BCUT2D eigenvalue weighted by Crippen LogP contribution is -2.28. The fraction of sp³-hybridized carbons (Fsp3) is 0.261. The second-order valence-electron chi connectivity index (χ2n) is 7.37. The number of carbonyl (C=O) groups is 2. The zero-order valence-electron chi connectivity index (χ0n) is 16.4. The topological polar surface area (TPSA) is 79.6 Å². The maximum atomic E-state index is 12.7. The number of hydrogen-bond acceptors (Lipinski definition) is 4. The Bertz CT molecular complexity index is 1150. The van der Waals surface area contributed by atoms with Crippen LogP contribution < -0.4 is 15.8 Å². The van der Waals surface area contributed by atoms with E-state index in [0.29, 0.717) is 17.8 Å². The van der Waals surface area contributed by atoms with Crippen molar-refractivity contribution in [1.29, 1.82) is 0 Å². The predicted octanol–water partition coefficient (Wildman–Crippen LogP) is 3.66. The minimum Gasteiger partial charge on any atom is -0.423 e. The molecule has 2 heterocycles. The molecule has 1 N–H and O–H groups in total. The van der Waals surface area contributed by atoms with Gasteiger partial charge in [0.2, 0.25) is 11.8 Å². The lowest BCUT2D eigenvalue weighted by atomic mass is 10.1. The number of aryl methyl sites for hydroxylation is 2. The third kappa shape index (κ3) is 3.78. The van der Waals surface area contributed by atoms with Crippen LogP contribution in [0.5, 0.6) is 0 Å². The Kier molecular flexibility index (Phi) is 4.92. The Morgan fingerprint density at radius 2 is 1.90 bits per heavy atom. The quantitative estimate of drug-likeness (QED) is 0.690. The summed E-state index contributed by atoms with van der Waals surface area (Å²) in [5, 5.41) is 3.67. The molecule has 29 heavy (non-hydrogen) atoms. The van der Waals surface area contributed by atoms with Gasteiger partial charge in [-0.3, -0.25) is 9.59 Å². The van der Waals surface area contributed by atoms with Gasteiger partial charge in [0.05, 0.1) is 5.92 Å². The summed E-state index contributed by atoms with van der Waals surface area (Å²) in [5.41, 5.74) is 3.37. The summed E-state index contributed by atoms with van der Waals surface area (Å²) in [7, 11) is 0. The average molecular weight is 390 g/mol. The summed E-state index contributed by atoms with van der Waals surface area (Å²) >= 11 is 0. The SMILES string of the molecule is CCc1ccc(N2C[C@H](C(=O)Nc3ccc4c(C)cc(=O)oc4c3)CC2=O)cc1. The highest BCUT2D eigenvalue weighted by molar-refractivity contribution is 6.04. The van der Waals surface area contributed by atoms with E-state index in [1.165, 1.54) is 11.6 Å². The van der Waals surface area contributed by atoms with Crippen molar-refractivity contribution in [3.63, 3.8) is 0 Å². The van der Waals surface area contributed by atoms with Gasteiger partial charge in [-0.15, -0.1) is 0 Å². The van der Waals surface area contributed by atoms with Crippen LogP contribution in [-0.4, -0.2) is 18.4 Å². The first-order valence-electron chi connectivity index (χ1n) is 9.69. The third-order valence-corrected chi connectivity index (χ3v) is 5.37. The molecule has 3 aromatic rings. The van der Waals surface area contributed by atoms with E-state index in [2.05, 4.69) is 12.2 Å². The van der Waals surface area contributed by atoms with Crippen molar-refractivity contribution in [2.45, 2.75) is 26.7 Å². The molecular formula is C23H22N2O4.